The zero-order valence-electron chi connectivity index (χ0n) is 9.42. The minimum absolute atomic E-state index is 0.249. The van der Waals surface area contributed by atoms with Crippen molar-refractivity contribution in [3.8, 4) is 5.75 Å². The minimum Gasteiger partial charge on any atom is -0.508 e. The van der Waals surface area contributed by atoms with Gasteiger partial charge >= 0.3 is 0 Å². The van der Waals surface area contributed by atoms with Gasteiger partial charge in [-0.15, -0.1) is 0 Å². The molecule has 88 valence electrons. The fraction of sp³-hybridized carbons (Fsp3) is 0.167. The molecule has 2 rings (SSSR count). The summed E-state index contributed by atoms with van der Waals surface area (Å²) in [6, 6.07) is 5.03. The Balaban J connectivity index is 2.07. The number of hydrogen-bond donors (Lipinski definition) is 2. The van der Waals surface area contributed by atoms with Crippen LogP contribution >= 0.6 is 11.8 Å². The van der Waals surface area contributed by atoms with Gasteiger partial charge in [-0.2, -0.15) is 0 Å². The van der Waals surface area contributed by atoms with Gasteiger partial charge < -0.3 is 10.8 Å². The number of phenols is 1. The number of phenolic OH excluding ortho intramolecular Hbond substituents is 1. The Morgan fingerprint density at radius 1 is 1.29 bits per heavy atom. The summed E-state index contributed by atoms with van der Waals surface area (Å²) in [6.07, 6.45) is 3.54. The second kappa shape index (κ2) is 5.05. The Bertz CT molecular complexity index is 514. The first-order valence-electron chi connectivity index (χ1n) is 5.14. The summed E-state index contributed by atoms with van der Waals surface area (Å²) in [5, 5.41) is 10.3. The molecular formula is C12H13N3OS. The monoisotopic (exact) mass is 247 g/mol. The van der Waals surface area contributed by atoms with Gasteiger partial charge in [0.15, 0.2) is 5.16 Å². The average molecular weight is 247 g/mol. The second-order valence-electron chi connectivity index (χ2n) is 3.72. The summed E-state index contributed by atoms with van der Waals surface area (Å²) < 4.78 is 0. The summed E-state index contributed by atoms with van der Waals surface area (Å²) >= 11 is 1.47. The van der Waals surface area contributed by atoms with Crippen LogP contribution in [0.25, 0.3) is 0 Å². The normalized spacial score (nSPS) is 10.4. The molecule has 0 fully saturated rings. The lowest BCUT2D eigenvalue weighted by atomic mass is 10.2. The molecule has 4 nitrogen and oxygen atoms in total. The SMILES string of the molecule is Cc1cnc(SCc2cc(N)ccc2O)nc1. The van der Waals surface area contributed by atoms with Gasteiger partial charge in [0, 0.05) is 29.4 Å². The quantitative estimate of drug-likeness (QED) is 0.377. The molecule has 1 aromatic heterocycles. The highest BCUT2D eigenvalue weighted by Crippen LogP contribution is 2.26. The number of rotatable bonds is 3. The van der Waals surface area contributed by atoms with Crippen molar-refractivity contribution in [3.63, 3.8) is 0 Å². The maximum absolute atomic E-state index is 9.65. The Morgan fingerprint density at radius 3 is 2.71 bits per heavy atom. The standard InChI is InChI=1S/C12H13N3OS/c1-8-5-14-12(15-6-8)17-7-9-4-10(13)2-3-11(9)16/h2-6,16H,7,13H2,1H3. The number of nitrogens with two attached hydrogens (primary N) is 1. The Hall–Kier alpha value is -1.75. The van der Waals surface area contributed by atoms with E-state index in [4.69, 9.17) is 5.73 Å². The first-order chi connectivity index (χ1) is 8.15. The first-order valence-corrected chi connectivity index (χ1v) is 6.12. The molecule has 0 saturated carbocycles. The lowest BCUT2D eigenvalue weighted by molar-refractivity contribution is 0.471. The van der Waals surface area contributed by atoms with Gasteiger partial charge in [-0.05, 0) is 30.7 Å². The minimum atomic E-state index is 0.249. The van der Waals surface area contributed by atoms with Gasteiger partial charge in [0.1, 0.15) is 5.75 Å². The van der Waals surface area contributed by atoms with E-state index in [1.165, 1.54) is 11.8 Å². The smallest absolute Gasteiger partial charge is 0.187 e. The Morgan fingerprint density at radius 2 is 2.00 bits per heavy atom. The van der Waals surface area contributed by atoms with Crippen LogP contribution in [-0.4, -0.2) is 15.1 Å². The van der Waals surface area contributed by atoms with E-state index in [0.717, 1.165) is 11.1 Å². The molecule has 2 aromatic rings. The summed E-state index contributed by atoms with van der Waals surface area (Å²) in [6.45, 7) is 1.94. The maximum atomic E-state index is 9.65. The molecule has 1 heterocycles. The molecule has 5 heteroatoms. The Kier molecular flexibility index (Phi) is 3.49. The van der Waals surface area contributed by atoms with Crippen LogP contribution in [0, 0.1) is 6.92 Å². The molecule has 0 radical (unpaired) electrons. The van der Waals surface area contributed by atoms with Crippen LogP contribution in [0.15, 0.2) is 35.7 Å². The number of aromatic nitrogens is 2. The fourth-order valence-corrected chi connectivity index (χ4v) is 2.09. The maximum Gasteiger partial charge on any atom is 0.187 e. The van der Waals surface area contributed by atoms with Crippen LogP contribution in [-0.2, 0) is 5.75 Å². The zero-order valence-corrected chi connectivity index (χ0v) is 10.2. The molecule has 17 heavy (non-hydrogen) atoms. The molecule has 0 saturated heterocycles. The molecule has 1 aromatic carbocycles. The number of aromatic hydroxyl groups is 1. The molecule has 0 aliphatic heterocycles. The van der Waals surface area contributed by atoms with E-state index in [0.29, 0.717) is 16.6 Å². The largest absolute Gasteiger partial charge is 0.508 e. The summed E-state index contributed by atoms with van der Waals surface area (Å²) in [5.41, 5.74) is 8.13. The van der Waals surface area contributed by atoms with E-state index in [2.05, 4.69) is 9.97 Å². The Labute approximate surface area is 104 Å². The molecule has 0 spiro atoms. The zero-order chi connectivity index (χ0) is 12.3. The van der Waals surface area contributed by atoms with E-state index < -0.39 is 0 Å². The van der Waals surface area contributed by atoms with Crippen LogP contribution in [0.1, 0.15) is 11.1 Å². The molecular weight excluding hydrogens is 234 g/mol. The van der Waals surface area contributed by atoms with Crippen molar-refractivity contribution >= 4 is 17.4 Å². The first kappa shape index (κ1) is 11.7. The van der Waals surface area contributed by atoms with Crippen molar-refractivity contribution in [1.29, 1.82) is 0 Å². The highest BCUT2D eigenvalue weighted by Gasteiger charge is 2.04. The highest BCUT2D eigenvalue weighted by molar-refractivity contribution is 7.98. The number of nitrogens with zero attached hydrogens (tertiary/aromatic N) is 2. The predicted octanol–water partition coefficient (Wildman–Crippen LogP) is 2.37. The molecule has 0 atom stereocenters. The topological polar surface area (TPSA) is 72.0 Å². The van der Waals surface area contributed by atoms with Crippen molar-refractivity contribution in [2.45, 2.75) is 17.8 Å². The number of anilines is 1. The number of nitrogen functional groups attached to an aromatic ring is 1. The van der Waals surface area contributed by atoms with E-state index >= 15 is 0 Å². The number of benzene rings is 1. The predicted molar refractivity (Wildman–Crippen MR) is 68.8 cm³/mol. The van der Waals surface area contributed by atoms with E-state index in [1.54, 1.807) is 30.6 Å². The third-order valence-corrected chi connectivity index (χ3v) is 3.14. The van der Waals surface area contributed by atoms with Gasteiger partial charge in [0.25, 0.3) is 0 Å². The summed E-state index contributed by atoms with van der Waals surface area (Å²) in [7, 11) is 0. The number of thioether (sulfide) groups is 1. The molecule has 3 N–H and O–H groups in total. The van der Waals surface area contributed by atoms with Crippen LogP contribution < -0.4 is 5.73 Å². The fourth-order valence-electron chi connectivity index (χ4n) is 1.32. The number of hydrogen-bond acceptors (Lipinski definition) is 5. The van der Waals surface area contributed by atoms with E-state index in [-0.39, 0.29) is 5.75 Å². The lowest BCUT2D eigenvalue weighted by Crippen LogP contribution is -1.90. The van der Waals surface area contributed by atoms with Gasteiger partial charge in [0.2, 0.25) is 0 Å². The molecule has 0 bridgehead atoms. The van der Waals surface area contributed by atoms with Gasteiger partial charge in [-0.3, -0.25) is 0 Å². The van der Waals surface area contributed by atoms with Crippen molar-refractivity contribution < 1.29 is 5.11 Å². The van der Waals surface area contributed by atoms with Gasteiger partial charge in [0.05, 0.1) is 0 Å². The molecule has 0 aliphatic carbocycles. The molecule has 0 aliphatic rings. The van der Waals surface area contributed by atoms with E-state index in [9.17, 15) is 5.11 Å². The molecule has 0 amide bonds. The highest BCUT2D eigenvalue weighted by atomic mass is 32.2. The third kappa shape index (κ3) is 3.10. The summed E-state index contributed by atoms with van der Waals surface area (Å²) in [4.78, 5) is 8.37. The third-order valence-electron chi connectivity index (χ3n) is 2.22. The van der Waals surface area contributed by atoms with Crippen molar-refractivity contribution in [2.75, 3.05) is 5.73 Å². The van der Waals surface area contributed by atoms with Crippen LogP contribution in [0.2, 0.25) is 0 Å². The lowest BCUT2D eigenvalue weighted by Gasteiger charge is -2.04. The summed E-state index contributed by atoms with van der Waals surface area (Å²) in [5.74, 6) is 0.846. The van der Waals surface area contributed by atoms with E-state index in [1.807, 2.05) is 6.92 Å². The van der Waals surface area contributed by atoms with Crippen LogP contribution in [0.3, 0.4) is 0 Å². The van der Waals surface area contributed by atoms with Crippen LogP contribution in [0.4, 0.5) is 5.69 Å². The average Bonchev–Trinajstić information content (AvgIpc) is 2.32. The molecule has 0 unspecified atom stereocenters. The van der Waals surface area contributed by atoms with Gasteiger partial charge in [-0.1, -0.05) is 11.8 Å². The second-order valence-corrected chi connectivity index (χ2v) is 4.66. The van der Waals surface area contributed by atoms with Crippen molar-refractivity contribution in [3.05, 3.63) is 41.7 Å². The van der Waals surface area contributed by atoms with Crippen molar-refractivity contribution in [2.24, 2.45) is 0 Å². The number of aryl methyl sites for hydroxylation is 1. The van der Waals surface area contributed by atoms with Crippen LogP contribution in [0.5, 0.6) is 5.75 Å². The van der Waals surface area contributed by atoms with Crippen molar-refractivity contribution in [1.82, 2.24) is 9.97 Å². The van der Waals surface area contributed by atoms with Gasteiger partial charge in [-0.25, -0.2) is 9.97 Å².